The van der Waals surface area contributed by atoms with Gasteiger partial charge in [-0.05, 0) is 25.1 Å². The van der Waals surface area contributed by atoms with Crippen molar-refractivity contribution in [1.29, 1.82) is 0 Å². The Bertz CT molecular complexity index is 1160. The number of carbonyl (C=O) groups excluding carboxylic acids is 1. The van der Waals surface area contributed by atoms with Gasteiger partial charge in [0.25, 0.3) is 5.56 Å². The number of sulfonamides is 1. The minimum absolute atomic E-state index is 0.00135. The molecule has 8 heteroatoms. The van der Waals surface area contributed by atoms with Crippen LogP contribution in [0.15, 0.2) is 76.4 Å². The van der Waals surface area contributed by atoms with Gasteiger partial charge in [0.1, 0.15) is 0 Å². The third-order valence-corrected chi connectivity index (χ3v) is 5.56. The van der Waals surface area contributed by atoms with Gasteiger partial charge in [0.15, 0.2) is 5.78 Å². The summed E-state index contributed by atoms with van der Waals surface area (Å²) in [6.45, 7) is 1.43. The first kappa shape index (κ1) is 19.7. The zero-order valence-electron chi connectivity index (χ0n) is 15.2. The maximum atomic E-state index is 12.4. The predicted molar refractivity (Wildman–Crippen MR) is 106 cm³/mol. The van der Waals surface area contributed by atoms with Crippen molar-refractivity contribution < 1.29 is 13.2 Å². The molecule has 0 saturated carbocycles. The fourth-order valence-electron chi connectivity index (χ4n) is 2.62. The van der Waals surface area contributed by atoms with Crippen LogP contribution in [0.25, 0.3) is 11.3 Å². The molecular weight excluding hydrogens is 378 g/mol. The minimum atomic E-state index is -3.81. The number of benzene rings is 2. The Morgan fingerprint density at radius 2 is 1.79 bits per heavy atom. The molecule has 0 saturated heterocycles. The van der Waals surface area contributed by atoms with Crippen LogP contribution in [-0.4, -0.2) is 30.5 Å². The van der Waals surface area contributed by atoms with Crippen molar-refractivity contribution in [2.45, 2.75) is 18.4 Å². The molecule has 3 aromatic rings. The molecule has 0 aliphatic heterocycles. The molecule has 0 fully saturated rings. The van der Waals surface area contributed by atoms with Crippen LogP contribution in [0.5, 0.6) is 0 Å². The number of nitrogens with one attached hydrogen (secondary N) is 1. The lowest BCUT2D eigenvalue weighted by molar-refractivity contribution is 0.101. The van der Waals surface area contributed by atoms with Crippen molar-refractivity contribution in [3.05, 3.63) is 82.6 Å². The summed E-state index contributed by atoms with van der Waals surface area (Å²) in [4.78, 5) is 23.5. The Morgan fingerprint density at radius 1 is 1.04 bits per heavy atom. The number of rotatable bonds is 7. The molecule has 0 spiro atoms. The summed E-state index contributed by atoms with van der Waals surface area (Å²) in [5.74, 6) is -0.217. The van der Waals surface area contributed by atoms with Crippen LogP contribution in [0.2, 0.25) is 0 Å². The summed E-state index contributed by atoms with van der Waals surface area (Å²) in [6.07, 6.45) is 0. The minimum Gasteiger partial charge on any atom is -0.295 e. The first-order chi connectivity index (χ1) is 13.4. The van der Waals surface area contributed by atoms with Gasteiger partial charge < -0.3 is 0 Å². The average Bonchev–Trinajstić information content (AvgIpc) is 2.70. The fourth-order valence-corrected chi connectivity index (χ4v) is 3.69. The molecule has 1 N–H and O–H groups in total. The number of hydrogen-bond donors (Lipinski definition) is 1. The molecule has 0 aliphatic rings. The molecule has 7 nitrogen and oxygen atoms in total. The van der Waals surface area contributed by atoms with Gasteiger partial charge in [0, 0.05) is 23.7 Å². The quantitative estimate of drug-likeness (QED) is 0.616. The van der Waals surface area contributed by atoms with Crippen LogP contribution >= 0.6 is 0 Å². The van der Waals surface area contributed by atoms with Gasteiger partial charge in [-0.1, -0.05) is 42.5 Å². The van der Waals surface area contributed by atoms with Crippen LogP contribution in [0.1, 0.15) is 17.3 Å². The van der Waals surface area contributed by atoms with Crippen LogP contribution in [-0.2, 0) is 16.6 Å². The van der Waals surface area contributed by atoms with E-state index >= 15 is 0 Å². The highest BCUT2D eigenvalue weighted by Gasteiger charge is 2.15. The van der Waals surface area contributed by atoms with E-state index in [4.69, 9.17) is 0 Å². The Balaban J connectivity index is 1.73. The van der Waals surface area contributed by atoms with E-state index in [1.807, 2.05) is 30.3 Å². The molecule has 2 aromatic carbocycles. The SMILES string of the molecule is CC(=O)c1cccc(S(=O)(=O)NCCn2nc(-c3ccccc3)ccc2=O)c1. The van der Waals surface area contributed by atoms with Crippen LogP contribution < -0.4 is 10.3 Å². The topological polar surface area (TPSA) is 98.1 Å². The van der Waals surface area contributed by atoms with Crippen molar-refractivity contribution in [3.63, 3.8) is 0 Å². The predicted octanol–water partition coefficient (Wildman–Crippen LogP) is 2.09. The molecule has 0 amide bonds. The van der Waals surface area contributed by atoms with Gasteiger partial charge in [0.05, 0.1) is 17.1 Å². The smallest absolute Gasteiger partial charge is 0.266 e. The van der Waals surface area contributed by atoms with Crippen molar-refractivity contribution in [3.8, 4) is 11.3 Å². The number of nitrogens with zero attached hydrogens (tertiary/aromatic N) is 2. The normalized spacial score (nSPS) is 11.3. The highest BCUT2D eigenvalue weighted by molar-refractivity contribution is 7.89. The Labute approximate surface area is 162 Å². The number of carbonyl (C=O) groups is 1. The molecular formula is C20H19N3O4S. The molecule has 0 aliphatic carbocycles. The van der Waals surface area contributed by atoms with Gasteiger partial charge in [-0.3, -0.25) is 9.59 Å². The third kappa shape index (κ3) is 4.59. The van der Waals surface area contributed by atoms with E-state index in [9.17, 15) is 18.0 Å². The van der Waals surface area contributed by atoms with Gasteiger partial charge in [-0.2, -0.15) is 5.10 Å². The van der Waals surface area contributed by atoms with Gasteiger partial charge in [0.2, 0.25) is 10.0 Å². The summed E-state index contributed by atoms with van der Waals surface area (Å²) in [6, 6.07) is 18.2. The molecule has 0 radical (unpaired) electrons. The maximum Gasteiger partial charge on any atom is 0.266 e. The summed E-state index contributed by atoms with van der Waals surface area (Å²) in [5, 5.41) is 4.30. The molecule has 144 valence electrons. The molecule has 1 heterocycles. The Hall–Kier alpha value is -3.10. The van der Waals surface area contributed by atoms with E-state index in [0.717, 1.165) is 5.56 Å². The van der Waals surface area contributed by atoms with Crippen molar-refractivity contribution in [2.75, 3.05) is 6.54 Å². The van der Waals surface area contributed by atoms with E-state index in [1.54, 1.807) is 12.1 Å². The van der Waals surface area contributed by atoms with Crippen molar-refractivity contribution in [1.82, 2.24) is 14.5 Å². The molecule has 0 bridgehead atoms. The highest BCUT2D eigenvalue weighted by Crippen LogP contribution is 2.14. The largest absolute Gasteiger partial charge is 0.295 e. The zero-order chi connectivity index (χ0) is 20.1. The standard InChI is InChI=1S/C20H19N3O4S/c1-15(24)17-8-5-9-18(14-17)28(26,27)21-12-13-23-20(25)11-10-19(22-23)16-6-3-2-4-7-16/h2-11,14,21H,12-13H2,1H3. The summed E-state index contributed by atoms with van der Waals surface area (Å²) >= 11 is 0. The first-order valence-electron chi connectivity index (χ1n) is 8.61. The molecule has 0 atom stereocenters. The maximum absolute atomic E-state index is 12.4. The summed E-state index contributed by atoms with van der Waals surface area (Å²) < 4.78 is 28.5. The van der Waals surface area contributed by atoms with E-state index in [2.05, 4.69) is 9.82 Å². The Kier molecular flexibility index (Phi) is 5.81. The van der Waals surface area contributed by atoms with E-state index < -0.39 is 10.0 Å². The average molecular weight is 397 g/mol. The highest BCUT2D eigenvalue weighted by atomic mass is 32.2. The van der Waals surface area contributed by atoms with Crippen molar-refractivity contribution in [2.24, 2.45) is 0 Å². The third-order valence-electron chi connectivity index (χ3n) is 4.10. The second-order valence-corrected chi connectivity index (χ2v) is 7.89. The van der Waals surface area contributed by atoms with Crippen molar-refractivity contribution >= 4 is 15.8 Å². The van der Waals surface area contributed by atoms with Gasteiger partial charge in [-0.15, -0.1) is 0 Å². The van der Waals surface area contributed by atoms with Gasteiger partial charge in [-0.25, -0.2) is 17.8 Å². The van der Waals surface area contributed by atoms with Crippen LogP contribution in [0.3, 0.4) is 0 Å². The molecule has 0 unspecified atom stereocenters. The number of hydrogen-bond acceptors (Lipinski definition) is 5. The Morgan fingerprint density at radius 3 is 2.50 bits per heavy atom. The van der Waals surface area contributed by atoms with Gasteiger partial charge >= 0.3 is 0 Å². The van der Waals surface area contributed by atoms with Crippen LogP contribution in [0, 0.1) is 0 Å². The molecule has 28 heavy (non-hydrogen) atoms. The molecule has 3 rings (SSSR count). The monoisotopic (exact) mass is 397 g/mol. The van der Waals surface area contributed by atoms with E-state index in [-0.39, 0.29) is 29.3 Å². The summed E-state index contributed by atoms with van der Waals surface area (Å²) in [5.41, 5.74) is 1.48. The molecule has 1 aromatic heterocycles. The second-order valence-electron chi connectivity index (χ2n) is 6.13. The lowest BCUT2D eigenvalue weighted by atomic mass is 10.1. The first-order valence-corrected chi connectivity index (χ1v) is 10.1. The van der Waals surface area contributed by atoms with Crippen LogP contribution in [0.4, 0.5) is 0 Å². The fraction of sp³-hybridized carbons (Fsp3) is 0.150. The number of Topliss-reactive ketones (excluding diaryl/α,β-unsaturated/α-hetero) is 1. The number of ketones is 1. The second kappa shape index (κ2) is 8.28. The zero-order valence-corrected chi connectivity index (χ0v) is 16.0. The summed E-state index contributed by atoms with van der Waals surface area (Å²) in [7, 11) is -3.81. The number of aromatic nitrogens is 2. The lowest BCUT2D eigenvalue weighted by Gasteiger charge is -2.10. The van der Waals surface area contributed by atoms with E-state index in [1.165, 1.54) is 35.9 Å². The van der Waals surface area contributed by atoms with E-state index in [0.29, 0.717) is 11.3 Å². The lowest BCUT2D eigenvalue weighted by Crippen LogP contribution is -2.32.